The lowest BCUT2D eigenvalue weighted by Crippen LogP contribution is -2.15. The van der Waals surface area contributed by atoms with Crippen molar-refractivity contribution in [2.45, 2.75) is 30.1 Å². The Morgan fingerprint density at radius 2 is 2.12 bits per heavy atom. The fourth-order valence-electron chi connectivity index (χ4n) is 1.31. The normalized spacial score (nSPS) is 14.1. The second-order valence-electron chi connectivity index (χ2n) is 3.72. The zero-order chi connectivity index (χ0) is 13.0. The number of nitro groups is 1. The van der Waals surface area contributed by atoms with Gasteiger partial charge in [-0.25, -0.2) is 0 Å². The molecule has 2 unspecified atom stereocenters. The second kappa shape index (κ2) is 5.88. The fraction of sp³-hybridized carbons (Fsp3) is 0.455. The van der Waals surface area contributed by atoms with E-state index in [1.807, 2.05) is 6.92 Å². The first-order valence-corrected chi connectivity index (χ1v) is 6.15. The van der Waals surface area contributed by atoms with Gasteiger partial charge in [0.15, 0.2) is 0 Å². The summed E-state index contributed by atoms with van der Waals surface area (Å²) in [5.74, 6) is 0. The standard InChI is InChI=1S/C11H16N2O3S/c1-7(14)8(2)17-10-6-4-5-9(12-3)11(10)13(15)16/h4-8,12,14H,1-3H3. The molecule has 0 aliphatic carbocycles. The Bertz CT molecular complexity index is 410. The summed E-state index contributed by atoms with van der Waals surface area (Å²) in [7, 11) is 1.65. The van der Waals surface area contributed by atoms with Crippen molar-refractivity contribution in [2.75, 3.05) is 12.4 Å². The van der Waals surface area contributed by atoms with Gasteiger partial charge in [0.05, 0.1) is 15.9 Å². The lowest BCUT2D eigenvalue weighted by molar-refractivity contribution is -0.386. The van der Waals surface area contributed by atoms with Crippen molar-refractivity contribution in [1.82, 2.24) is 0 Å². The number of hydrogen-bond donors (Lipinski definition) is 2. The third-order valence-electron chi connectivity index (χ3n) is 2.44. The molecule has 17 heavy (non-hydrogen) atoms. The van der Waals surface area contributed by atoms with Crippen molar-refractivity contribution in [2.24, 2.45) is 0 Å². The Balaban J connectivity index is 3.10. The summed E-state index contributed by atoms with van der Waals surface area (Å²) in [4.78, 5) is 11.2. The largest absolute Gasteiger partial charge is 0.392 e. The Hall–Kier alpha value is -1.27. The van der Waals surface area contributed by atoms with Crippen LogP contribution in [0.2, 0.25) is 0 Å². The maximum Gasteiger partial charge on any atom is 0.305 e. The monoisotopic (exact) mass is 256 g/mol. The predicted octanol–water partition coefficient (Wildman–Crippen LogP) is 2.50. The molecule has 0 aliphatic heterocycles. The van der Waals surface area contributed by atoms with E-state index < -0.39 is 11.0 Å². The summed E-state index contributed by atoms with van der Waals surface area (Å²) in [6.45, 7) is 3.51. The van der Waals surface area contributed by atoms with Crippen LogP contribution >= 0.6 is 11.8 Å². The van der Waals surface area contributed by atoms with Crippen molar-refractivity contribution in [3.05, 3.63) is 28.3 Å². The molecule has 0 aromatic heterocycles. The minimum Gasteiger partial charge on any atom is -0.392 e. The number of rotatable bonds is 5. The lowest BCUT2D eigenvalue weighted by atomic mass is 10.2. The van der Waals surface area contributed by atoms with E-state index in [0.29, 0.717) is 10.6 Å². The molecular formula is C11H16N2O3S. The minimum atomic E-state index is -0.516. The lowest BCUT2D eigenvalue weighted by Gasteiger charge is -2.14. The molecule has 0 fully saturated rings. The third-order valence-corrected chi connectivity index (χ3v) is 3.79. The number of anilines is 1. The van der Waals surface area contributed by atoms with Crippen molar-refractivity contribution in [3.63, 3.8) is 0 Å². The maximum absolute atomic E-state index is 11.0. The van der Waals surface area contributed by atoms with Gasteiger partial charge in [-0.15, -0.1) is 11.8 Å². The zero-order valence-electron chi connectivity index (χ0n) is 10.0. The van der Waals surface area contributed by atoms with Gasteiger partial charge in [0.25, 0.3) is 0 Å². The maximum atomic E-state index is 11.0. The highest BCUT2D eigenvalue weighted by Crippen LogP contribution is 2.37. The number of thioether (sulfide) groups is 1. The first-order valence-electron chi connectivity index (χ1n) is 5.27. The van der Waals surface area contributed by atoms with Gasteiger partial charge in [0.1, 0.15) is 5.69 Å². The Morgan fingerprint density at radius 1 is 1.47 bits per heavy atom. The average Bonchev–Trinajstić information content (AvgIpc) is 2.27. The molecule has 2 atom stereocenters. The molecule has 1 aromatic carbocycles. The van der Waals surface area contributed by atoms with Gasteiger partial charge in [-0.05, 0) is 19.1 Å². The molecular weight excluding hydrogens is 240 g/mol. The molecule has 1 rings (SSSR count). The van der Waals surface area contributed by atoms with Crippen LogP contribution in [-0.2, 0) is 0 Å². The number of nitrogens with one attached hydrogen (secondary N) is 1. The van der Waals surface area contributed by atoms with Gasteiger partial charge in [-0.2, -0.15) is 0 Å². The van der Waals surface area contributed by atoms with Gasteiger partial charge in [0, 0.05) is 12.3 Å². The quantitative estimate of drug-likeness (QED) is 0.481. The molecule has 2 N–H and O–H groups in total. The van der Waals surface area contributed by atoms with Crippen molar-refractivity contribution < 1.29 is 10.0 Å². The van der Waals surface area contributed by atoms with Gasteiger partial charge in [-0.3, -0.25) is 10.1 Å². The van der Waals surface area contributed by atoms with E-state index in [4.69, 9.17) is 0 Å². The van der Waals surface area contributed by atoms with E-state index in [0.717, 1.165) is 0 Å². The average molecular weight is 256 g/mol. The zero-order valence-corrected chi connectivity index (χ0v) is 10.8. The highest BCUT2D eigenvalue weighted by Gasteiger charge is 2.22. The van der Waals surface area contributed by atoms with Crippen molar-refractivity contribution in [1.29, 1.82) is 0 Å². The third kappa shape index (κ3) is 3.34. The summed E-state index contributed by atoms with van der Waals surface area (Å²) >= 11 is 1.30. The molecule has 0 amide bonds. The number of nitro benzene ring substituents is 1. The van der Waals surface area contributed by atoms with Crippen LogP contribution in [0.3, 0.4) is 0 Å². The molecule has 0 spiro atoms. The molecule has 94 valence electrons. The molecule has 0 saturated heterocycles. The number of nitrogens with zero attached hydrogens (tertiary/aromatic N) is 1. The van der Waals surface area contributed by atoms with E-state index in [9.17, 15) is 15.2 Å². The first kappa shape index (κ1) is 13.8. The molecule has 0 bridgehead atoms. The van der Waals surface area contributed by atoms with Crippen LogP contribution in [0, 0.1) is 10.1 Å². The Kier molecular flexibility index (Phi) is 4.77. The predicted molar refractivity (Wildman–Crippen MR) is 69.6 cm³/mol. The van der Waals surface area contributed by atoms with Gasteiger partial charge in [0.2, 0.25) is 0 Å². The highest BCUT2D eigenvalue weighted by molar-refractivity contribution is 8.00. The summed E-state index contributed by atoms with van der Waals surface area (Å²) in [5.41, 5.74) is 0.547. The summed E-state index contributed by atoms with van der Waals surface area (Å²) in [6.07, 6.45) is -0.516. The topological polar surface area (TPSA) is 75.4 Å². The molecule has 0 radical (unpaired) electrons. The van der Waals surface area contributed by atoms with E-state index in [1.165, 1.54) is 11.8 Å². The smallest absolute Gasteiger partial charge is 0.305 e. The number of para-hydroxylation sites is 1. The van der Waals surface area contributed by atoms with Crippen LogP contribution in [0.25, 0.3) is 0 Å². The molecule has 6 heteroatoms. The molecule has 0 heterocycles. The first-order chi connectivity index (χ1) is 7.97. The van der Waals surface area contributed by atoms with Crippen molar-refractivity contribution >= 4 is 23.1 Å². The van der Waals surface area contributed by atoms with Gasteiger partial charge in [-0.1, -0.05) is 13.0 Å². The van der Waals surface area contributed by atoms with E-state index in [2.05, 4.69) is 5.32 Å². The van der Waals surface area contributed by atoms with Crippen LogP contribution in [-0.4, -0.2) is 28.4 Å². The van der Waals surface area contributed by atoms with Crippen molar-refractivity contribution in [3.8, 4) is 0 Å². The highest BCUT2D eigenvalue weighted by atomic mass is 32.2. The second-order valence-corrected chi connectivity index (χ2v) is 5.14. The molecule has 0 aliphatic rings. The minimum absolute atomic E-state index is 0.0625. The molecule has 0 saturated carbocycles. The van der Waals surface area contributed by atoms with Gasteiger partial charge >= 0.3 is 5.69 Å². The number of aliphatic hydroxyl groups is 1. The number of hydrogen-bond acceptors (Lipinski definition) is 5. The fourth-order valence-corrected chi connectivity index (χ4v) is 2.36. The van der Waals surface area contributed by atoms with Crippen LogP contribution in [0.5, 0.6) is 0 Å². The number of benzene rings is 1. The Morgan fingerprint density at radius 3 is 2.59 bits per heavy atom. The van der Waals surface area contributed by atoms with E-state index in [-0.39, 0.29) is 10.9 Å². The summed E-state index contributed by atoms with van der Waals surface area (Å²) in [5, 5.41) is 23.2. The summed E-state index contributed by atoms with van der Waals surface area (Å²) < 4.78 is 0. The van der Waals surface area contributed by atoms with Crippen LogP contribution < -0.4 is 5.32 Å². The van der Waals surface area contributed by atoms with Gasteiger partial charge < -0.3 is 10.4 Å². The number of aliphatic hydroxyl groups excluding tert-OH is 1. The van der Waals surface area contributed by atoms with E-state index in [1.54, 1.807) is 32.2 Å². The van der Waals surface area contributed by atoms with Crippen LogP contribution in [0.4, 0.5) is 11.4 Å². The van der Waals surface area contributed by atoms with Crippen LogP contribution in [0.15, 0.2) is 23.1 Å². The Labute approximate surface area is 104 Å². The summed E-state index contributed by atoms with van der Waals surface area (Å²) in [6, 6.07) is 5.12. The molecule has 1 aromatic rings. The van der Waals surface area contributed by atoms with Crippen LogP contribution in [0.1, 0.15) is 13.8 Å². The van der Waals surface area contributed by atoms with E-state index >= 15 is 0 Å². The SMILES string of the molecule is CNc1cccc(SC(C)C(C)O)c1[N+](=O)[O-]. The molecule has 5 nitrogen and oxygen atoms in total.